The molecule has 36 valence electrons. The van der Waals surface area contributed by atoms with Gasteiger partial charge in [0.05, 0.1) is 0 Å². The van der Waals surface area contributed by atoms with Gasteiger partial charge in [0.1, 0.15) is 0 Å². The SMILES string of the molecule is C1CN[13CH2]CN1. The summed E-state index contributed by atoms with van der Waals surface area (Å²) in [5.41, 5.74) is 0. The molecule has 0 aromatic carbocycles. The molecule has 2 N–H and O–H groups in total. The Bertz CT molecular complexity index is 21.0. The van der Waals surface area contributed by atoms with Gasteiger partial charge in [-0.3, -0.25) is 0 Å². The van der Waals surface area contributed by atoms with Gasteiger partial charge in [0.15, 0.2) is 0 Å². The molecule has 0 saturated carbocycles. The third-order valence-electron chi connectivity index (χ3n) is 0.957. The molecule has 0 bridgehead atoms. The van der Waals surface area contributed by atoms with Crippen LogP contribution in [0, 0.1) is 0 Å². The van der Waals surface area contributed by atoms with E-state index >= 15 is 0 Å². The van der Waals surface area contributed by atoms with Crippen molar-refractivity contribution in [1.29, 1.82) is 0 Å². The molecule has 1 fully saturated rings. The Balaban J connectivity index is 2.00. The predicted octanol–water partition coefficient (Wildman–Crippen LogP) is -0.821. The summed E-state index contributed by atoms with van der Waals surface area (Å²) in [6.45, 7) is 4.56. The van der Waals surface area contributed by atoms with Crippen molar-refractivity contribution >= 4 is 0 Å². The van der Waals surface area contributed by atoms with Crippen LogP contribution in [0.15, 0.2) is 0 Å². The van der Waals surface area contributed by atoms with E-state index in [1.165, 1.54) is 0 Å². The zero-order chi connectivity index (χ0) is 4.24. The van der Waals surface area contributed by atoms with Gasteiger partial charge >= 0.3 is 0 Å². The summed E-state index contributed by atoms with van der Waals surface area (Å²) in [4.78, 5) is 0. The van der Waals surface area contributed by atoms with Gasteiger partial charge in [-0.05, 0) is 0 Å². The van der Waals surface area contributed by atoms with Crippen molar-refractivity contribution in [2.24, 2.45) is 0 Å². The number of rotatable bonds is 0. The lowest BCUT2D eigenvalue weighted by molar-refractivity contribution is 0.534. The lowest BCUT2D eigenvalue weighted by atomic mass is 10.6. The molecule has 0 amide bonds. The van der Waals surface area contributed by atoms with E-state index in [0.717, 1.165) is 26.2 Å². The molecule has 1 heterocycles. The van der Waals surface area contributed by atoms with E-state index in [1.807, 2.05) is 0 Å². The van der Waals surface area contributed by atoms with Gasteiger partial charge in [-0.15, -0.1) is 0 Å². The highest BCUT2D eigenvalue weighted by Gasteiger charge is 1.91. The molecule has 1 saturated heterocycles. The maximum absolute atomic E-state index is 3.22. The second kappa shape index (κ2) is 2.16. The smallest absolute Gasteiger partial charge is 0.00772 e. The fourth-order valence-corrected chi connectivity index (χ4v) is 0.604. The molecule has 0 radical (unpaired) electrons. The Labute approximate surface area is 37.9 Å². The highest BCUT2D eigenvalue weighted by Crippen LogP contribution is 1.65. The molecular formula is C4H10N2. The van der Waals surface area contributed by atoms with Crippen molar-refractivity contribution in [1.82, 2.24) is 10.6 Å². The average Bonchev–Trinajstić information content (AvgIpc) is 1.72. The van der Waals surface area contributed by atoms with Gasteiger partial charge in [0.25, 0.3) is 0 Å². The first kappa shape index (κ1) is 4.09. The molecule has 1 aliphatic heterocycles. The monoisotopic (exact) mass is 87.1 g/mol. The van der Waals surface area contributed by atoms with E-state index in [0.29, 0.717) is 0 Å². The first-order chi connectivity index (χ1) is 3.00. The molecule has 2 heteroatoms. The van der Waals surface area contributed by atoms with Gasteiger partial charge in [0, 0.05) is 26.2 Å². The van der Waals surface area contributed by atoms with Crippen LogP contribution in [0.25, 0.3) is 0 Å². The van der Waals surface area contributed by atoms with Crippen LogP contribution in [-0.2, 0) is 0 Å². The highest BCUT2D eigenvalue weighted by atomic mass is 15.1. The third-order valence-corrected chi connectivity index (χ3v) is 0.957. The fraction of sp³-hybridized carbons (Fsp3) is 1.00. The van der Waals surface area contributed by atoms with Crippen molar-refractivity contribution in [2.75, 3.05) is 26.2 Å². The molecular weight excluding hydrogens is 77.1 g/mol. The Morgan fingerprint density at radius 3 is 1.17 bits per heavy atom. The molecule has 0 unspecified atom stereocenters. The summed E-state index contributed by atoms with van der Waals surface area (Å²) in [7, 11) is 0. The fourth-order valence-electron chi connectivity index (χ4n) is 0.604. The highest BCUT2D eigenvalue weighted by molar-refractivity contribution is 4.59. The minimum atomic E-state index is 1.14. The van der Waals surface area contributed by atoms with E-state index in [2.05, 4.69) is 10.6 Å². The zero-order valence-electron chi connectivity index (χ0n) is 3.83. The minimum absolute atomic E-state index is 1.14. The lowest BCUT2D eigenvalue weighted by Crippen LogP contribution is -2.39. The van der Waals surface area contributed by atoms with Gasteiger partial charge in [-0.1, -0.05) is 0 Å². The quantitative estimate of drug-likeness (QED) is 0.377. The average molecular weight is 87.1 g/mol. The standard InChI is InChI=1S/C4H10N2/c1-2-6-4-3-5-1/h5-6H,1-4H2/i1+1. The van der Waals surface area contributed by atoms with Crippen LogP contribution in [0.3, 0.4) is 0 Å². The lowest BCUT2D eigenvalue weighted by Gasteiger charge is -2.11. The van der Waals surface area contributed by atoms with Crippen LogP contribution in [0.2, 0.25) is 0 Å². The first-order valence-corrected chi connectivity index (χ1v) is 2.41. The molecule has 1 aliphatic rings. The van der Waals surface area contributed by atoms with Crippen LogP contribution in [0.4, 0.5) is 0 Å². The maximum Gasteiger partial charge on any atom is 0.00772 e. The summed E-state index contributed by atoms with van der Waals surface area (Å²) in [6.07, 6.45) is 0. The summed E-state index contributed by atoms with van der Waals surface area (Å²) in [6, 6.07) is 0. The Kier molecular flexibility index (Phi) is 1.47. The molecule has 0 aliphatic carbocycles. The van der Waals surface area contributed by atoms with Crippen LogP contribution < -0.4 is 10.6 Å². The first-order valence-electron chi connectivity index (χ1n) is 2.41. The van der Waals surface area contributed by atoms with Gasteiger partial charge in [0.2, 0.25) is 0 Å². The minimum Gasteiger partial charge on any atom is -0.314 e. The third kappa shape index (κ3) is 0.954. The van der Waals surface area contributed by atoms with E-state index < -0.39 is 0 Å². The Morgan fingerprint density at radius 2 is 1.00 bits per heavy atom. The molecule has 2 nitrogen and oxygen atoms in total. The molecule has 0 aromatic heterocycles. The molecule has 0 atom stereocenters. The number of nitrogens with one attached hydrogen (secondary N) is 2. The van der Waals surface area contributed by atoms with Crippen LogP contribution in [0.5, 0.6) is 0 Å². The number of hydrogen-bond acceptors (Lipinski definition) is 2. The van der Waals surface area contributed by atoms with E-state index in [9.17, 15) is 0 Å². The van der Waals surface area contributed by atoms with E-state index in [1.54, 1.807) is 0 Å². The summed E-state index contributed by atoms with van der Waals surface area (Å²) in [5, 5.41) is 6.44. The topological polar surface area (TPSA) is 24.1 Å². The summed E-state index contributed by atoms with van der Waals surface area (Å²) < 4.78 is 0. The number of hydrogen-bond donors (Lipinski definition) is 2. The van der Waals surface area contributed by atoms with Crippen molar-refractivity contribution in [2.45, 2.75) is 0 Å². The van der Waals surface area contributed by atoms with Crippen LogP contribution in [0.1, 0.15) is 0 Å². The normalized spacial score (nSPS) is 24.0. The Morgan fingerprint density at radius 1 is 0.667 bits per heavy atom. The van der Waals surface area contributed by atoms with Crippen LogP contribution in [-0.4, -0.2) is 26.2 Å². The van der Waals surface area contributed by atoms with Gasteiger partial charge in [-0.25, -0.2) is 0 Å². The molecule has 1 rings (SSSR count). The van der Waals surface area contributed by atoms with E-state index in [4.69, 9.17) is 0 Å². The summed E-state index contributed by atoms with van der Waals surface area (Å²) >= 11 is 0. The van der Waals surface area contributed by atoms with E-state index in [-0.39, 0.29) is 0 Å². The molecule has 6 heavy (non-hydrogen) atoms. The number of piperazine rings is 1. The second-order valence-electron chi connectivity index (χ2n) is 1.50. The second-order valence-corrected chi connectivity index (χ2v) is 1.50. The summed E-state index contributed by atoms with van der Waals surface area (Å²) in [5.74, 6) is 0. The molecule has 0 spiro atoms. The van der Waals surface area contributed by atoms with Crippen molar-refractivity contribution in [3.05, 3.63) is 0 Å². The maximum atomic E-state index is 3.22. The Hall–Kier alpha value is -0.0800. The van der Waals surface area contributed by atoms with Crippen molar-refractivity contribution in [3.63, 3.8) is 0 Å². The molecule has 0 aromatic rings. The zero-order valence-corrected chi connectivity index (χ0v) is 3.83. The van der Waals surface area contributed by atoms with Crippen molar-refractivity contribution in [3.8, 4) is 0 Å². The van der Waals surface area contributed by atoms with Gasteiger partial charge in [-0.2, -0.15) is 0 Å². The van der Waals surface area contributed by atoms with Gasteiger partial charge < -0.3 is 10.6 Å². The largest absolute Gasteiger partial charge is 0.314 e. The predicted molar refractivity (Wildman–Crippen MR) is 25.7 cm³/mol. The van der Waals surface area contributed by atoms with Crippen LogP contribution >= 0.6 is 0 Å². The van der Waals surface area contributed by atoms with Crippen molar-refractivity contribution < 1.29 is 0 Å².